The van der Waals surface area contributed by atoms with Gasteiger partial charge in [-0.2, -0.15) is 0 Å². The second-order valence-corrected chi connectivity index (χ2v) is 6.47. The zero-order valence-corrected chi connectivity index (χ0v) is 11.4. The summed E-state index contributed by atoms with van der Waals surface area (Å²) in [4.78, 5) is -0.918. The summed E-state index contributed by atoms with van der Waals surface area (Å²) in [5, 5.41) is 0. The van der Waals surface area contributed by atoms with E-state index in [0.29, 0.717) is 12.5 Å². The molecular weight excluding hydrogens is 262 g/mol. The third-order valence-electron chi connectivity index (χ3n) is 2.31. The standard InChI is InChI=1S/C12H16F2O3S/c1-8(2)4-5-17-9-6-10(13)12(11(14)7-9)18(3,15)16/h6-8H,4-5H2,1-3H3. The lowest BCUT2D eigenvalue weighted by molar-refractivity contribution is 0.286. The highest BCUT2D eigenvalue weighted by Gasteiger charge is 2.20. The van der Waals surface area contributed by atoms with Gasteiger partial charge in [-0.25, -0.2) is 17.2 Å². The Bertz CT molecular complexity index is 501. The molecule has 1 rings (SSSR count). The molecule has 0 bridgehead atoms. The summed E-state index contributed by atoms with van der Waals surface area (Å²) in [6.45, 7) is 4.32. The minimum Gasteiger partial charge on any atom is -0.493 e. The zero-order valence-electron chi connectivity index (χ0n) is 10.5. The SMILES string of the molecule is CC(C)CCOc1cc(F)c(S(C)(=O)=O)c(F)c1. The summed E-state index contributed by atoms with van der Waals surface area (Å²) < 4.78 is 54.5. The van der Waals surface area contributed by atoms with Gasteiger partial charge in [0.1, 0.15) is 22.3 Å². The van der Waals surface area contributed by atoms with Crippen LogP contribution in [0, 0.1) is 17.6 Å². The van der Waals surface area contributed by atoms with E-state index < -0.39 is 26.4 Å². The molecule has 0 saturated carbocycles. The fourth-order valence-electron chi connectivity index (χ4n) is 1.39. The molecule has 6 heteroatoms. The molecule has 3 nitrogen and oxygen atoms in total. The van der Waals surface area contributed by atoms with Crippen LogP contribution in [0.1, 0.15) is 20.3 Å². The first-order valence-corrected chi connectivity index (χ1v) is 7.43. The lowest BCUT2D eigenvalue weighted by atomic mass is 10.1. The quantitative estimate of drug-likeness (QED) is 0.831. The summed E-state index contributed by atoms with van der Waals surface area (Å²) in [5.41, 5.74) is 0. The van der Waals surface area contributed by atoms with Crippen molar-refractivity contribution in [3.8, 4) is 5.75 Å². The van der Waals surface area contributed by atoms with Crippen molar-refractivity contribution < 1.29 is 21.9 Å². The van der Waals surface area contributed by atoms with Gasteiger partial charge in [0, 0.05) is 18.4 Å². The highest BCUT2D eigenvalue weighted by Crippen LogP contribution is 2.24. The van der Waals surface area contributed by atoms with Crippen LogP contribution in [0.25, 0.3) is 0 Å². The smallest absolute Gasteiger partial charge is 0.181 e. The van der Waals surface area contributed by atoms with Crippen LogP contribution in [0.3, 0.4) is 0 Å². The second kappa shape index (κ2) is 5.65. The summed E-state index contributed by atoms with van der Waals surface area (Å²) >= 11 is 0. The number of rotatable bonds is 5. The Hall–Kier alpha value is -1.17. The molecule has 0 fully saturated rings. The largest absolute Gasteiger partial charge is 0.493 e. The summed E-state index contributed by atoms with van der Waals surface area (Å²) in [6, 6.07) is 1.78. The van der Waals surface area contributed by atoms with Crippen LogP contribution >= 0.6 is 0 Å². The maximum Gasteiger partial charge on any atom is 0.181 e. The van der Waals surface area contributed by atoms with Crippen LogP contribution in [-0.4, -0.2) is 21.3 Å². The first-order valence-electron chi connectivity index (χ1n) is 5.53. The molecule has 1 aromatic rings. The van der Waals surface area contributed by atoms with Crippen LogP contribution in [-0.2, 0) is 9.84 Å². The molecule has 1 aromatic carbocycles. The number of halogens is 2. The topological polar surface area (TPSA) is 43.4 Å². The Morgan fingerprint density at radius 3 is 2.11 bits per heavy atom. The van der Waals surface area contributed by atoms with Gasteiger partial charge in [-0.1, -0.05) is 13.8 Å². The molecule has 0 N–H and O–H groups in total. The predicted octanol–water partition coefficient (Wildman–Crippen LogP) is 2.79. The molecule has 102 valence electrons. The normalized spacial score (nSPS) is 11.9. The Labute approximate surface area is 106 Å². The Morgan fingerprint density at radius 2 is 1.72 bits per heavy atom. The summed E-state index contributed by atoms with van der Waals surface area (Å²) in [5.74, 6) is -1.85. The van der Waals surface area contributed by atoms with Gasteiger partial charge in [0.15, 0.2) is 9.84 Å². The third kappa shape index (κ3) is 3.94. The number of sulfone groups is 1. The Balaban J connectivity index is 2.94. The van der Waals surface area contributed by atoms with Crippen molar-refractivity contribution >= 4 is 9.84 Å². The maximum absolute atomic E-state index is 13.5. The Morgan fingerprint density at radius 1 is 1.22 bits per heavy atom. The molecule has 0 aliphatic carbocycles. The van der Waals surface area contributed by atoms with E-state index in [2.05, 4.69) is 0 Å². The molecule has 0 saturated heterocycles. The van der Waals surface area contributed by atoms with E-state index in [-0.39, 0.29) is 5.75 Å². The van der Waals surface area contributed by atoms with Gasteiger partial charge < -0.3 is 4.74 Å². The van der Waals surface area contributed by atoms with Crippen molar-refractivity contribution in [2.24, 2.45) is 5.92 Å². The van der Waals surface area contributed by atoms with Crippen LogP contribution in [0.15, 0.2) is 17.0 Å². The van der Waals surface area contributed by atoms with Crippen molar-refractivity contribution in [1.29, 1.82) is 0 Å². The van der Waals surface area contributed by atoms with Crippen molar-refractivity contribution in [3.05, 3.63) is 23.8 Å². The van der Waals surface area contributed by atoms with Gasteiger partial charge in [0.2, 0.25) is 0 Å². The van der Waals surface area contributed by atoms with Crippen molar-refractivity contribution in [3.63, 3.8) is 0 Å². The van der Waals surface area contributed by atoms with Crippen molar-refractivity contribution in [2.45, 2.75) is 25.2 Å². The molecule has 0 unspecified atom stereocenters. The minimum absolute atomic E-state index is 0.00181. The van der Waals surface area contributed by atoms with E-state index in [9.17, 15) is 17.2 Å². The molecule has 0 aliphatic heterocycles. The van der Waals surface area contributed by atoms with E-state index in [1.54, 1.807) is 0 Å². The monoisotopic (exact) mass is 278 g/mol. The molecule has 0 spiro atoms. The molecule has 0 radical (unpaired) electrons. The summed E-state index contributed by atoms with van der Waals surface area (Å²) in [6.07, 6.45) is 1.50. The molecule has 0 aliphatic rings. The van der Waals surface area contributed by atoms with E-state index in [4.69, 9.17) is 4.74 Å². The molecule has 0 amide bonds. The van der Waals surface area contributed by atoms with Crippen molar-refractivity contribution in [2.75, 3.05) is 12.9 Å². The van der Waals surface area contributed by atoms with Crippen LogP contribution in [0.4, 0.5) is 8.78 Å². The average molecular weight is 278 g/mol. The van der Waals surface area contributed by atoms with E-state index in [0.717, 1.165) is 24.8 Å². The number of hydrogen-bond donors (Lipinski definition) is 0. The van der Waals surface area contributed by atoms with E-state index in [1.807, 2.05) is 13.8 Å². The van der Waals surface area contributed by atoms with Crippen molar-refractivity contribution in [1.82, 2.24) is 0 Å². The first-order chi connectivity index (χ1) is 8.21. The van der Waals surface area contributed by atoms with Gasteiger partial charge in [0.05, 0.1) is 6.61 Å². The fraction of sp³-hybridized carbons (Fsp3) is 0.500. The van der Waals surface area contributed by atoms with Gasteiger partial charge in [0.25, 0.3) is 0 Å². The van der Waals surface area contributed by atoms with Gasteiger partial charge in [-0.05, 0) is 12.3 Å². The highest BCUT2D eigenvalue weighted by atomic mass is 32.2. The number of benzene rings is 1. The molecule has 18 heavy (non-hydrogen) atoms. The molecule has 0 atom stereocenters. The zero-order chi connectivity index (χ0) is 13.9. The Kier molecular flexibility index (Phi) is 4.67. The van der Waals surface area contributed by atoms with Crippen LogP contribution in [0.2, 0.25) is 0 Å². The van der Waals surface area contributed by atoms with E-state index >= 15 is 0 Å². The number of hydrogen-bond acceptors (Lipinski definition) is 3. The lowest BCUT2D eigenvalue weighted by Gasteiger charge is -2.10. The highest BCUT2D eigenvalue weighted by molar-refractivity contribution is 7.90. The lowest BCUT2D eigenvalue weighted by Crippen LogP contribution is -2.07. The van der Waals surface area contributed by atoms with Crippen LogP contribution < -0.4 is 4.74 Å². The first kappa shape index (κ1) is 14.9. The van der Waals surface area contributed by atoms with Gasteiger partial charge in [-0.15, -0.1) is 0 Å². The average Bonchev–Trinajstić information content (AvgIpc) is 2.12. The molecule has 0 aromatic heterocycles. The summed E-state index contributed by atoms with van der Waals surface area (Å²) in [7, 11) is -3.92. The third-order valence-corrected chi connectivity index (χ3v) is 3.44. The minimum atomic E-state index is -3.92. The van der Waals surface area contributed by atoms with Gasteiger partial charge >= 0.3 is 0 Å². The second-order valence-electron chi connectivity index (χ2n) is 4.52. The molecular formula is C12H16F2O3S. The number of ether oxygens (including phenoxy) is 1. The predicted molar refractivity (Wildman–Crippen MR) is 64.4 cm³/mol. The molecule has 0 heterocycles. The van der Waals surface area contributed by atoms with Crippen LogP contribution in [0.5, 0.6) is 5.75 Å². The van der Waals surface area contributed by atoms with E-state index in [1.165, 1.54) is 0 Å². The van der Waals surface area contributed by atoms with Gasteiger partial charge in [-0.3, -0.25) is 0 Å². The fourth-order valence-corrected chi connectivity index (χ4v) is 2.21. The maximum atomic E-state index is 13.5.